The third-order valence-electron chi connectivity index (χ3n) is 9.62. The second-order valence-electron chi connectivity index (χ2n) is 13.9. The van der Waals surface area contributed by atoms with Gasteiger partial charge in [-0.25, -0.2) is 9.18 Å². The average Bonchev–Trinajstić information content (AvgIpc) is 3.17. The summed E-state index contributed by atoms with van der Waals surface area (Å²) < 4.78 is 31.1. The number of fused-ring (bicyclic) bond motifs is 7. The van der Waals surface area contributed by atoms with Crippen molar-refractivity contribution < 1.29 is 52.5 Å². The van der Waals surface area contributed by atoms with Crippen LogP contribution in [-0.2, 0) is 48.0 Å². The predicted octanol–water partition coefficient (Wildman–Crippen LogP) is 1.56. The molecule has 5 rings (SSSR count). The van der Waals surface area contributed by atoms with E-state index in [1.54, 1.807) is 42.5 Å². The van der Waals surface area contributed by atoms with E-state index in [9.17, 15) is 38.3 Å². The van der Waals surface area contributed by atoms with Gasteiger partial charge in [-0.3, -0.25) is 24.0 Å². The van der Waals surface area contributed by atoms with Gasteiger partial charge >= 0.3 is 5.97 Å². The van der Waals surface area contributed by atoms with Gasteiger partial charge in [0.2, 0.25) is 29.5 Å². The van der Waals surface area contributed by atoms with Crippen LogP contribution < -0.4 is 35.9 Å². The zero-order chi connectivity index (χ0) is 42.1. The summed E-state index contributed by atoms with van der Waals surface area (Å²) in [6, 6.07) is 8.50. The van der Waals surface area contributed by atoms with Crippen LogP contribution in [0.4, 0.5) is 4.39 Å². The van der Waals surface area contributed by atoms with Crippen molar-refractivity contribution in [2.45, 2.75) is 76.3 Å². The molecule has 0 saturated heterocycles. The van der Waals surface area contributed by atoms with E-state index in [0.29, 0.717) is 33.9 Å². The Bertz CT molecular complexity index is 1980. The molecule has 5 amide bonds. The third kappa shape index (κ3) is 11.0. The largest absolute Gasteiger partial charge is 0.494 e. The van der Waals surface area contributed by atoms with Gasteiger partial charge in [-0.05, 0) is 73.9 Å². The van der Waals surface area contributed by atoms with E-state index in [4.69, 9.17) is 19.9 Å². The lowest BCUT2D eigenvalue weighted by atomic mass is 10.0. The van der Waals surface area contributed by atoms with Crippen LogP contribution in [0.1, 0.15) is 37.5 Å². The van der Waals surface area contributed by atoms with Crippen LogP contribution in [0.5, 0.6) is 23.0 Å². The minimum Gasteiger partial charge on any atom is -0.494 e. The molecule has 0 aromatic heterocycles. The number of aliphatic carboxylic acids is 1. The first kappa shape index (κ1) is 43.5. The number of ether oxygens (including phenoxy) is 3. The van der Waals surface area contributed by atoms with Crippen molar-refractivity contribution in [1.29, 1.82) is 0 Å². The quantitative estimate of drug-likeness (QED) is 0.167. The number of rotatable bonds is 13. The van der Waals surface area contributed by atoms with Crippen LogP contribution in [0.15, 0.2) is 60.7 Å². The molecule has 0 aliphatic carbocycles. The van der Waals surface area contributed by atoms with Gasteiger partial charge in [0.15, 0.2) is 23.1 Å². The standard InChI is InChI=1S/C40H49FN6O10/c1-21(42)35(48)43-22(2)38(51)47(5)31(19-25-10-14-32(55-6)28(41)16-25)36(49)44-23(3)39(52)46(4)30-18-24-8-12-27(13-9-24)57-34-20-26(11-15-33(34)56-7)17-29(40(53)54)45-37(30)50/h8-16,20-23,29-31H,17-19,42H2,1-7H3,(H,43,48)(H,44,49)(H,45,50)(H,53,54)/t21-,22+,23+,29+,30+,31+/m1/s1. The Morgan fingerprint density at radius 3 is 2.07 bits per heavy atom. The summed E-state index contributed by atoms with van der Waals surface area (Å²) in [7, 11) is 5.47. The molecule has 0 radical (unpaired) electrons. The number of benzene rings is 3. The molecule has 0 saturated carbocycles. The van der Waals surface area contributed by atoms with E-state index in [2.05, 4.69) is 16.0 Å². The SMILES string of the molecule is COc1ccc(C[C@@H](C(=O)N[C@@H](C)C(=O)N(C)[C@H]2Cc3ccc(cc3)Oc3cc(ccc3OC)C[C@@H](C(=O)O)NC2=O)N(C)C(=O)[C@H](C)NC(=O)[C@@H](C)N)cc1F. The maximum atomic E-state index is 14.7. The number of carbonyl (C=O) groups excluding carboxylic acids is 5. The number of amides is 5. The lowest BCUT2D eigenvalue weighted by Gasteiger charge is -2.33. The molecule has 306 valence electrons. The first-order chi connectivity index (χ1) is 26.9. The molecule has 16 nitrogen and oxygen atoms in total. The summed E-state index contributed by atoms with van der Waals surface area (Å²) in [5, 5.41) is 17.8. The zero-order valence-electron chi connectivity index (χ0n) is 32.8. The Morgan fingerprint density at radius 1 is 0.877 bits per heavy atom. The Morgan fingerprint density at radius 2 is 1.47 bits per heavy atom. The number of halogens is 1. The zero-order valence-corrected chi connectivity index (χ0v) is 32.8. The summed E-state index contributed by atoms with van der Waals surface area (Å²) in [4.78, 5) is 82.3. The summed E-state index contributed by atoms with van der Waals surface area (Å²) in [6.45, 7) is 4.25. The van der Waals surface area contributed by atoms with Crippen molar-refractivity contribution in [3.63, 3.8) is 0 Å². The lowest BCUT2D eigenvalue weighted by molar-refractivity contribution is -0.146. The molecule has 0 fully saturated rings. The van der Waals surface area contributed by atoms with Crippen molar-refractivity contribution in [3.8, 4) is 23.0 Å². The highest BCUT2D eigenvalue weighted by molar-refractivity contribution is 5.96. The van der Waals surface area contributed by atoms with E-state index < -0.39 is 77.6 Å². The van der Waals surface area contributed by atoms with Crippen molar-refractivity contribution in [2.24, 2.45) is 5.73 Å². The van der Waals surface area contributed by atoms with Gasteiger partial charge < -0.3 is 50.8 Å². The molecule has 2 aliphatic rings. The first-order valence-electron chi connectivity index (χ1n) is 18.1. The van der Waals surface area contributed by atoms with Crippen LogP contribution in [0.3, 0.4) is 0 Å². The molecular formula is C40H49FN6O10. The highest BCUT2D eigenvalue weighted by Gasteiger charge is 2.36. The van der Waals surface area contributed by atoms with Gasteiger partial charge in [-0.1, -0.05) is 24.3 Å². The smallest absolute Gasteiger partial charge is 0.326 e. The number of methoxy groups -OCH3 is 2. The van der Waals surface area contributed by atoms with Crippen molar-refractivity contribution in [1.82, 2.24) is 25.8 Å². The van der Waals surface area contributed by atoms with Crippen LogP contribution in [0.25, 0.3) is 0 Å². The summed E-state index contributed by atoms with van der Waals surface area (Å²) >= 11 is 0. The van der Waals surface area contributed by atoms with Crippen LogP contribution in [0.2, 0.25) is 0 Å². The number of hydrogen-bond donors (Lipinski definition) is 5. The van der Waals surface area contributed by atoms with Gasteiger partial charge in [0.25, 0.3) is 0 Å². The van der Waals surface area contributed by atoms with Gasteiger partial charge in [0.1, 0.15) is 36.0 Å². The number of nitrogens with two attached hydrogens (primary N) is 1. The highest BCUT2D eigenvalue weighted by atomic mass is 19.1. The summed E-state index contributed by atoms with van der Waals surface area (Å²) in [5.41, 5.74) is 7.11. The Balaban J connectivity index is 1.60. The minimum atomic E-state index is -1.39. The second-order valence-corrected chi connectivity index (χ2v) is 13.9. The van der Waals surface area contributed by atoms with Gasteiger partial charge in [0.05, 0.1) is 20.3 Å². The Kier molecular flexibility index (Phi) is 14.6. The fraction of sp³-hybridized carbons (Fsp3) is 0.400. The molecule has 3 aromatic rings. The van der Waals surface area contributed by atoms with Gasteiger partial charge in [-0.15, -0.1) is 0 Å². The van der Waals surface area contributed by atoms with Gasteiger partial charge in [0, 0.05) is 33.4 Å². The number of nitrogens with zero attached hydrogens (tertiary/aromatic N) is 2. The first-order valence-corrected chi connectivity index (χ1v) is 18.1. The molecule has 0 unspecified atom stereocenters. The van der Waals surface area contributed by atoms with Crippen molar-refractivity contribution in [3.05, 3.63) is 83.2 Å². The number of hydrogen-bond acceptors (Lipinski definition) is 10. The Labute approximate surface area is 329 Å². The number of carboxylic acids is 1. The molecule has 0 spiro atoms. The lowest BCUT2D eigenvalue weighted by Crippen LogP contribution is -2.59. The van der Waals surface area contributed by atoms with E-state index >= 15 is 0 Å². The van der Waals surface area contributed by atoms with E-state index in [1.165, 1.54) is 61.2 Å². The van der Waals surface area contributed by atoms with Crippen LogP contribution in [0, 0.1) is 5.82 Å². The molecular weight excluding hydrogens is 743 g/mol. The summed E-state index contributed by atoms with van der Waals surface area (Å²) in [6.07, 6.45) is -0.351. The maximum Gasteiger partial charge on any atom is 0.326 e. The monoisotopic (exact) mass is 792 g/mol. The Hall–Kier alpha value is -6.23. The number of carboxylic acid groups (broad SMARTS) is 1. The highest BCUT2D eigenvalue weighted by Crippen LogP contribution is 2.33. The predicted molar refractivity (Wildman–Crippen MR) is 205 cm³/mol. The normalized spacial score (nSPS) is 17.2. The summed E-state index contributed by atoms with van der Waals surface area (Å²) in [5.74, 6) is -4.34. The molecule has 2 aliphatic heterocycles. The van der Waals surface area contributed by atoms with E-state index in [-0.39, 0.29) is 25.0 Å². The fourth-order valence-corrected chi connectivity index (χ4v) is 6.24. The maximum absolute atomic E-state index is 14.7. The molecule has 17 heteroatoms. The van der Waals surface area contributed by atoms with Gasteiger partial charge in [-0.2, -0.15) is 0 Å². The van der Waals surface area contributed by atoms with Crippen LogP contribution in [-0.4, -0.2) is 115 Å². The minimum absolute atomic E-state index is 0.0330. The molecule has 2 heterocycles. The molecule has 6 atom stereocenters. The molecule has 4 bridgehead atoms. The number of carbonyl (C=O) groups is 6. The van der Waals surface area contributed by atoms with Crippen molar-refractivity contribution >= 4 is 35.5 Å². The molecule has 3 aromatic carbocycles. The fourth-order valence-electron chi connectivity index (χ4n) is 6.24. The van der Waals surface area contributed by atoms with Crippen molar-refractivity contribution in [2.75, 3.05) is 28.3 Å². The molecule has 57 heavy (non-hydrogen) atoms. The topological polar surface area (TPSA) is 219 Å². The number of likely N-dealkylation sites (N-methyl/N-ethyl adjacent to an activating group) is 2. The number of nitrogens with one attached hydrogen (secondary N) is 3. The second kappa shape index (κ2) is 19.1. The third-order valence-corrected chi connectivity index (χ3v) is 9.62. The van der Waals surface area contributed by atoms with E-state index in [1.807, 2.05) is 0 Å². The van der Waals surface area contributed by atoms with E-state index in [0.717, 1.165) is 15.9 Å². The average molecular weight is 793 g/mol. The van der Waals surface area contributed by atoms with Crippen LogP contribution >= 0.6 is 0 Å². The molecule has 6 N–H and O–H groups in total.